The van der Waals surface area contributed by atoms with Crippen molar-refractivity contribution in [3.05, 3.63) is 145 Å². The molecular formula is C43H28N4OS. The fraction of sp³-hybridized carbons (Fsp3) is 0.0698. The van der Waals surface area contributed by atoms with Crippen LogP contribution in [0.5, 0.6) is 11.5 Å². The Balaban J connectivity index is 1.12. The maximum Gasteiger partial charge on any atom is 0.145 e. The Bertz CT molecular complexity index is 3000. The van der Waals surface area contributed by atoms with Crippen molar-refractivity contribution < 1.29 is 4.74 Å². The second kappa shape index (κ2) is 9.56. The number of fused-ring (bicyclic) bond motifs is 12. The number of nitrogens with zero attached hydrogens (tertiary/aromatic N) is 4. The van der Waals surface area contributed by atoms with Crippen LogP contribution in [-0.2, 0) is 5.41 Å². The average Bonchev–Trinajstić information content (AvgIpc) is 3.79. The van der Waals surface area contributed by atoms with Crippen molar-refractivity contribution in [2.24, 2.45) is 0 Å². The van der Waals surface area contributed by atoms with Crippen molar-refractivity contribution in [3.8, 4) is 23.0 Å². The minimum atomic E-state index is -0.183. The summed E-state index contributed by atoms with van der Waals surface area (Å²) < 4.78 is 13.9. The number of hydrogen-bond acceptors (Lipinski definition) is 4. The van der Waals surface area contributed by atoms with Gasteiger partial charge in [0.15, 0.2) is 0 Å². The largest absolute Gasteiger partial charge is 0.457 e. The summed E-state index contributed by atoms with van der Waals surface area (Å²) in [6.07, 6.45) is 3.75. The summed E-state index contributed by atoms with van der Waals surface area (Å²) in [7, 11) is 0. The van der Waals surface area contributed by atoms with Gasteiger partial charge >= 0.3 is 0 Å². The van der Waals surface area contributed by atoms with Crippen molar-refractivity contribution in [3.63, 3.8) is 0 Å². The summed E-state index contributed by atoms with van der Waals surface area (Å²) in [5, 5.41) is 7.29. The lowest BCUT2D eigenvalue weighted by atomic mass is 9.74. The molecule has 0 aliphatic carbocycles. The predicted molar refractivity (Wildman–Crippen MR) is 202 cm³/mol. The fourth-order valence-corrected chi connectivity index (χ4v) is 9.39. The van der Waals surface area contributed by atoms with Gasteiger partial charge in [-0.3, -0.25) is 9.13 Å². The van der Waals surface area contributed by atoms with Gasteiger partial charge in [0.2, 0.25) is 0 Å². The molecule has 0 bridgehead atoms. The van der Waals surface area contributed by atoms with Gasteiger partial charge in [0, 0.05) is 71.7 Å². The average molecular weight is 649 g/mol. The summed E-state index contributed by atoms with van der Waals surface area (Å²) in [5.41, 5.74) is 7.90. The van der Waals surface area contributed by atoms with Gasteiger partial charge in [-0.05, 0) is 65.7 Å². The Hall–Kier alpha value is -5.98. The monoisotopic (exact) mass is 648 g/mol. The molecule has 1 aliphatic rings. The molecule has 5 aromatic carbocycles. The van der Waals surface area contributed by atoms with Crippen LogP contribution < -0.4 is 4.74 Å². The van der Waals surface area contributed by atoms with Gasteiger partial charge in [0.1, 0.15) is 23.0 Å². The highest BCUT2D eigenvalue weighted by Gasteiger charge is 2.35. The van der Waals surface area contributed by atoms with Crippen molar-refractivity contribution in [2.45, 2.75) is 19.3 Å². The second-order valence-electron chi connectivity index (χ2n) is 13.5. The molecule has 1 aliphatic heterocycles. The summed E-state index contributed by atoms with van der Waals surface area (Å²) in [4.78, 5) is 9.71. The molecule has 6 heterocycles. The van der Waals surface area contributed by atoms with E-state index in [-0.39, 0.29) is 5.41 Å². The first kappa shape index (κ1) is 27.0. The third-order valence-electron chi connectivity index (χ3n) is 10.5. The van der Waals surface area contributed by atoms with E-state index in [0.29, 0.717) is 0 Å². The Morgan fingerprint density at radius 1 is 0.571 bits per heavy atom. The SMILES string of the molecule is CC1(C)c2ccc(Oc3ccc4c5ccc6sc7ccccc7c6c5n(-c5ccccn5)c4c3)cc2-n2c3ncccc3c3cccc1c32. The zero-order chi connectivity index (χ0) is 32.4. The van der Waals surface area contributed by atoms with Crippen LogP contribution in [0, 0.1) is 0 Å². The van der Waals surface area contributed by atoms with Gasteiger partial charge in [0.05, 0.1) is 22.2 Å². The van der Waals surface area contributed by atoms with Crippen molar-refractivity contribution in [1.29, 1.82) is 0 Å². The fourth-order valence-electron chi connectivity index (χ4n) is 8.28. The Morgan fingerprint density at radius 2 is 1.35 bits per heavy atom. The molecule has 0 saturated heterocycles. The third-order valence-corrected chi connectivity index (χ3v) is 11.6. The van der Waals surface area contributed by atoms with Crippen LogP contribution in [0.15, 0.2) is 134 Å². The molecule has 11 rings (SSSR count). The maximum atomic E-state index is 6.76. The molecule has 0 amide bonds. The van der Waals surface area contributed by atoms with Crippen LogP contribution in [0.25, 0.3) is 75.4 Å². The Labute approximate surface area is 285 Å². The summed E-state index contributed by atoms with van der Waals surface area (Å²) in [5.74, 6) is 2.44. The summed E-state index contributed by atoms with van der Waals surface area (Å²) in [6, 6.07) is 43.1. The highest BCUT2D eigenvalue weighted by molar-refractivity contribution is 7.26. The molecule has 0 atom stereocenters. The molecule has 0 spiro atoms. The van der Waals surface area contributed by atoms with E-state index in [0.717, 1.165) is 39.6 Å². The highest BCUT2D eigenvalue weighted by atomic mass is 32.1. The highest BCUT2D eigenvalue weighted by Crippen LogP contribution is 2.48. The van der Waals surface area contributed by atoms with E-state index >= 15 is 0 Å². The standard InChI is InChI=1S/C43H28N4OS/c1-43(2)32-19-16-26(24-35(32)47-40-28(10-7-12-33(40)43)30-11-8-22-45-42(30)47)48-25-15-17-27-29-18-20-37-39(31-9-3-4-13-36(31)49-37)41(29)46(34(27)23-25)38-14-5-6-21-44-38/h3-24H,1-2H3. The van der Waals surface area contributed by atoms with Gasteiger partial charge in [0.25, 0.3) is 0 Å². The molecule has 5 aromatic heterocycles. The zero-order valence-electron chi connectivity index (χ0n) is 26.8. The van der Waals surface area contributed by atoms with Gasteiger partial charge in [-0.25, -0.2) is 9.97 Å². The number of benzene rings is 5. The summed E-state index contributed by atoms with van der Waals surface area (Å²) in [6.45, 7) is 4.63. The van der Waals surface area contributed by atoms with Crippen LogP contribution in [0.2, 0.25) is 0 Å². The molecule has 0 saturated carbocycles. The normalized spacial score (nSPS) is 13.7. The topological polar surface area (TPSA) is 44.9 Å². The Morgan fingerprint density at radius 3 is 2.27 bits per heavy atom. The van der Waals surface area contributed by atoms with E-state index in [4.69, 9.17) is 14.7 Å². The van der Waals surface area contributed by atoms with E-state index in [9.17, 15) is 0 Å². The lowest BCUT2D eigenvalue weighted by Gasteiger charge is -2.34. The van der Waals surface area contributed by atoms with Crippen molar-refractivity contribution in [2.75, 3.05) is 0 Å². The van der Waals surface area contributed by atoms with Crippen molar-refractivity contribution >= 4 is 75.3 Å². The second-order valence-corrected chi connectivity index (χ2v) is 14.5. The number of rotatable bonds is 3. The van der Waals surface area contributed by atoms with Gasteiger partial charge in [-0.2, -0.15) is 0 Å². The van der Waals surface area contributed by atoms with E-state index in [1.807, 2.05) is 35.9 Å². The van der Waals surface area contributed by atoms with Crippen LogP contribution in [-0.4, -0.2) is 19.1 Å². The number of aromatic nitrogens is 4. The molecule has 6 heteroatoms. The number of ether oxygens (including phenoxy) is 1. The zero-order valence-corrected chi connectivity index (χ0v) is 27.6. The number of hydrogen-bond donors (Lipinski definition) is 0. The van der Waals surface area contributed by atoms with Crippen molar-refractivity contribution in [1.82, 2.24) is 19.1 Å². The van der Waals surface area contributed by atoms with E-state index in [1.54, 1.807) is 0 Å². The van der Waals surface area contributed by atoms with Gasteiger partial charge in [-0.1, -0.05) is 68.4 Å². The van der Waals surface area contributed by atoms with Crippen LogP contribution in [0.4, 0.5) is 0 Å². The third kappa shape index (κ3) is 3.58. The molecule has 0 radical (unpaired) electrons. The number of thiophene rings is 1. The van der Waals surface area contributed by atoms with Crippen LogP contribution >= 0.6 is 11.3 Å². The minimum Gasteiger partial charge on any atom is -0.457 e. The van der Waals surface area contributed by atoms with E-state index in [1.165, 1.54) is 58.5 Å². The molecule has 232 valence electrons. The molecule has 5 nitrogen and oxygen atoms in total. The molecular weight excluding hydrogens is 621 g/mol. The molecule has 10 aromatic rings. The van der Waals surface area contributed by atoms with E-state index in [2.05, 4.69) is 132 Å². The molecule has 0 unspecified atom stereocenters. The van der Waals surface area contributed by atoms with Crippen LogP contribution in [0.3, 0.4) is 0 Å². The lowest BCUT2D eigenvalue weighted by molar-refractivity contribution is 0.482. The van der Waals surface area contributed by atoms with Gasteiger partial charge in [-0.15, -0.1) is 11.3 Å². The first-order valence-corrected chi connectivity index (χ1v) is 17.4. The predicted octanol–water partition coefficient (Wildman–Crippen LogP) is 11.5. The molecule has 49 heavy (non-hydrogen) atoms. The van der Waals surface area contributed by atoms with E-state index < -0.39 is 0 Å². The summed E-state index contributed by atoms with van der Waals surface area (Å²) >= 11 is 1.84. The lowest BCUT2D eigenvalue weighted by Crippen LogP contribution is -2.26. The first-order valence-electron chi connectivity index (χ1n) is 16.6. The first-order chi connectivity index (χ1) is 24.1. The maximum absolute atomic E-state index is 6.76. The number of para-hydroxylation sites is 1. The Kier molecular flexibility index (Phi) is 5.27. The quantitative estimate of drug-likeness (QED) is 0.191. The minimum absolute atomic E-state index is 0.183. The number of pyridine rings is 2. The van der Waals surface area contributed by atoms with Gasteiger partial charge < -0.3 is 4.74 Å². The smallest absolute Gasteiger partial charge is 0.145 e. The molecule has 0 N–H and O–H groups in total. The van der Waals surface area contributed by atoms with Crippen LogP contribution in [0.1, 0.15) is 25.0 Å². The molecule has 0 fully saturated rings.